The minimum atomic E-state index is -0.200. The number of hydrogen-bond acceptors (Lipinski definition) is 1. The Bertz CT molecular complexity index is 3910. The van der Waals surface area contributed by atoms with Crippen LogP contribution in [-0.4, -0.2) is 8.80 Å². The average Bonchev–Trinajstić information content (AvgIpc) is 3.98. The Balaban J connectivity index is 1.03. The standard InChI is InChI=1S/C60H43N3/c1-59(2)49-19-11-8-16-41(49)43-27-23-38(33-51(43)59)61(39-24-28-44-42-26-22-37(36-14-6-5-7-15-36)32-50(42)60(3,4)52(44)34-39)40-25-31-55-56(35-40)63-54-21-13-10-18-46(54)48-30-29-47-45-17-9-12-20-53(45)62(55)57(47)58(48)63/h5-35H,1-4H3. The summed E-state index contributed by atoms with van der Waals surface area (Å²) < 4.78 is 5.06. The molecule has 3 heteroatoms. The van der Waals surface area contributed by atoms with E-state index in [0.29, 0.717) is 0 Å². The van der Waals surface area contributed by atoms with E-state index < -0.39 is 0 Å². The summed E-state index contributed by atoms with van der Waals surface area (Å²) in [5, 5.41) is 5.13. The van der Waals surface area contributed by atoms with Crippen molar-refractivity contribution in [1.29, 1.82) is 0 Å². The number of para-hydroxylation sites is 2. The van der Waals surface area contributed by atoms with E-state index in [2.05, 4.69) is 229 Å². The fraction of sp³-hybridized carbons (Fsp3) is 0.100. The van der Waals surface area contributed by atoms with Crippen LogP contribution in [0.25, 0.3) is 88.0 Å². The van der Waals surface area contributed by atoms with Gasteiger partial charge in [0, 0.05) is 49.4 Å². The first-order valence-electron chi connectivity index (χ1n) is 22.3. The molecular formula is C60H43N3. The van der Waals surface area contributed by atoms with E-state index in [4.69, 9.17) is 0 Å². The molecule has 2 aliphatic carbocycles. The van der Waals surface area contributed by atoms with Crippen LogP contribution in [0.15, 0.2) is 188 Å². The van der Waals surface area contributed by atoms with Gasteiger partial charge in [0.25, 0.3) is 0 Å². The number of benzene rings is 9. The van der Waals surface area contributed by atoms with Gasteiger partial charge in [0.2, 0.25) is 0 Å². The van der Waals surface area contributed by atoms with Crippen molar-refractivity contribution < 1.29 is 0 Å². The van der Waals surface area contributed by atoms with Gasteiger partial charge in [-0.15, -0.1) is 0 Å². The lowest BCUT2D eigenvalue weighted by Gasteiger charge is -2.30. The van der Waals surface area contributed by atoms with E-state index in [1.165, 1.54) is 110 Å². The van der Waals surface area contributed by atoms with Gasteiger partial charge in [-0.2, -0.15) is 0 Å². The second kappa shape index (κ2) is 12.1. The van der Waals surface area contributed by atoms with Crippen molar-refractivity contribution in [2.24, 2.45) is 0 Å². The maximum absolute atomic E-state index is 2.54. The van der Waals surface area contributed by atoms with Gasteiger partial charge in [0.05, 0.1) is 33.1 Å². The molecule has 2 aliphatic rings. The molecule has 3 nitrogen and oxygen atoms in total. The van der Waals surface area contributed by atoms with Gasteiger partial charge in [-0.25, -0.2) is 0 Å². The normalized spacial score (nSPS) is 14.6. The minimum absolute atomic E-state index is 0.137. The van der Waals surface area contributed by atoms with E-state index >= 15 is 0 Å². The lowest BCUT2D eigenvalue weighted by atomic mass is 9.81. The van der Waals surface area contributed by atoms with Gasteiger partial charge in [-0.05, 0) is 116 Å². The van der Waals surface area contributed by atoms with Crippen LogP contribution >= 0.6 is 0 Å². The maximum Gasteiger partial charge on any atom is 0.0789 e. The lowest BCUT2D eigenvalue weighted by Crippen LogP contribution is -2.18. The third-order valence-electron chi connectivity index (χ3n) is 15.0. The third kappa shape index (κ3) is 4.49. The van der Waals surface area contributed by atoms with Crippen LogP contribution in [0, 0.1) is 0 Å². The van der Waals surface area contributed by atoms with Gasteiger partial charge in [0.15, 0.2) is 0 Å². The number of anilines is 3. The summed E-state index contributed by atoms with van der Waals surface area (Å²) in [5.41, 5.74) is 23.8. The Kier molecular flexibility index (Phi) is 6.70. The molecule has 3 heterocycles. The zero-order valence-corrected chi connectivity index (χ0v) is 35.7. The molecule has 0 aliphatic heterocycles. The van der Waals surface area contributed by atoms with E-state index in [9.17, 15) is 0 Å². The van der Waals surface area contributed by atoms with Crippen molar-refractivity contribution in [2.45, 2.75) is 38.5 Å². The van der Waals surface area contributed by atoms with Crippen LogP contribution in [0.1, 0.15) is 49.9 Å². The zero-order chi connectivity index (χ0) is 41.9. The molecule has 0 unspecified atom stereocenters. The first kappa shape index (κ1) is 35.0. The largest absolute Gasteiger partial charge is 0.310 e. The Morgan fingerprint density at radius 3 is 1.44 bits per heavy atom. The Hall–Kier alpha value is -7.62. The summed E-state index contributed by atoms with van der Waals surface area (Å²) >= 11 is 0. The SMILES string of the molecule is CC1(C)c2ccccc2-c2ccc(N(c3ccc4c(c3)C(C)(C)c3cc(-c5ccccc5)ccc3-4)c3ccc4c(c3)n3c5ccccc5c5ccc6c7ccccc7n4c6c53)cc21. The van der Waals surface area contributed by atoms with Crippen molar-refractivity contribution in [3.8, 4) is 33.4 Å². The van der Waals surface area contributed by atoms with Gasteiger partial charge in [-0.1, -0.05) is 155 Å². The molecule has 0 N–H and O–H groups in total. The maximum atomic E-state index is 2.54. The average molecular weight is 806 g/mol. The molecule has 3 aromatic heterocycles. The van der Waals surface area contributed by atoms with Gasteiger partial charge in [0.1, 0.15) is 0 Å². The highest BCUT2D eigenvalue weighted by atomic mass is 15.1. The highest BCUT2D eigenvalue weighted by molar-refractivity contribution is 6.25. The summed E-state index contributed by atoms with van der Waals surface area (Å²) in [4.78, 5) is 2.52. The molecule has 0 atom stereocenters. The van der Waals surface area contributed by atoms with Crippen molar-refractivity contribution in [3.05, 3.63) is 210 Å². The molecule has 9 aromatic carbocycles. The summed E-state index contributed by atoms with van der Waals surface area (Å²) in [7, 11) is 0. The van der Waals surface area contributed by atoms with Crippen LogP contribution in [0.3, 0.4) is 0 Å². The number of rotatable bonds is 4. The molecule has 12 aromatic rings. The topological polar surface area (TPSA) is 12.1 Å². The number of aromatic nitrogens is 2. The Morgan fingerprint density at radius 1 is 0.317 bits per heavy atom. The van der Waals surface area contributed by atoms with E-state index in [0.717, 1.165) is 17.1 Å². The molecule has 298 valence electrons. The second-order valence-electron chi connectivity index (χ2n) is 19.0. The monoisotopic (exact) mass is 805 g/mol. The number of hydrogen-bond donors (Lipinski definition) is 0. The molecule has 14 rings (SSSR count). The molecule has 0 saturated carbocycles. The molecule has 0 spiro atoms. The number of nitrogens with zero attached hydrogens (tertiary/aromatic N) is 3. The van der Waals surface area contributed by atoms with Crippen molar-refractivity contribution in [2.75, 3.05) is 4.90 Å². The lowest BCUT2D eigenvalue weighted by molar-refractivity contribution is 0.660. The highest BCUT2D eigenvalue weighted by Gasteiger charge is 2.38. The Labute approximate surface area is 366 Å². The zero-order valence-electron chi connectivity index (χ0n) is 35.7. The second-order valence-corrected chi connectivity index (χ2v) is 19.0. The van der Waals surface area contributed by atoms with Gasteiger partial charge in [-0.3, -0.25) is 0 Å². The van der Waals surface area contributed by atoms with Crippen molar-refractivity contribution in [3.63, 3.8) is 0 Å². The molecule has 0 fully saturated rings. The van der Waals surface area contributed by atoms with Crippen LogP contribution in [-0.2, 0) is 10.8 Å². The molecule has 63 heavy (non-hydrogen) atoms. The number of fused-ring (bicyclic) bond motifs is 15. The summed E-state index contributed by atoms with van der Waals surface area (Å²) in [6.45, 7) is 9.56. The van der Waals surface area contributed by atoms with Crippen LogP contribution in [0.2, 0.25) is 0 Å². The molecular weight excluding hydrogens is 763 g/mol. The predicted octanol–water partition coefficient (Wildman–Crippen LogP) is 16.0. The summed E-state index contributed by atoms with van der Waals surface area (Å²) in [5.74, 6) is 0. The smallest absolute Gasteiger partial charge is 0.0789 e. The van der Waals surface area contributed by atoms with Crippen molar-refractivity contribution >= 4 is 71.7 Å². The molecule has 0 saturated heterocycles. The van der Waals surface area contributed by atoms with Crippen LogP contribution in [0.4, 0.5) is 17.1 Å². The molecule has 0 radical (unpaired) electrons. The van der Waals surface area contributed by atoms with Gasteiger partial charge < -0.3 is 13.7 Å². The predicted molar refractivity (Wildman–Crippen MR) is 265 cm³/mol. The minimum Gasteiger partial charge on any atom is -0.310 e. The van der Waals surface area contributed by atoms with Crippen molar-refractivity contribution in [1.82, 2.24) is 8.80 Å². The fourth-order valence-electron chi connectivity index (χ4n) is 12.0. The van der Waals surface area contributed by atoms with E-state index in [-0.39, 0.29) is 10.8 Å². The third-order valence-corrected chi connectivity index (χ3v) is 15.0. The van der Waals surface area contributed by atoms with E-state index in [1.807, 2.05) is 0 Å². The summed E-state index contributed by atoms with van der Waals surface area (Å²) in [6, 6.07) is 70.8. The molecule has 0 amide bonds. The fourth-order valence-corrected chi connectivity index (χ4v) is 12.0. The van der Waals surface area contributed by atoms with Crippen LogP contribution in [0.5, 0.6) is 0 Å². The van der Waals surface area contributed by atoms with Gasteiger partial charge >= 0.3 is 0 Å². The highest BCUT2D eigenvalue weighted by Crippen LogP contribution is 2.54. The first-order chi connectivity index (χ1) is 30.8. The quantitative estimate of drug-likeness (QED) is 0.161. The van der Waals surface area contributed by atoms with E-state index in [1.54, 1.807) is 0 Å². The van der Waals surface area contributed by atoms with Crippen LogP contribution < -0.4 is 4.90 Å². The Morgan fingerprint density at radius 2 is 0.794 bits per heavy atom. The summed E-state index contributed by atoms with van der Waals surface area (Å²) in [6.07, 6.45) is 0. The molecule has 0 bridgehead atoms. The first-order valence-corrected chi connectivity index (χ1v) is 22.3.